The molecule has 1 fully saturated rings. The quantitative estimate of drug-likeness (QED) is 0.769. The highest BCUT2D eigenvalue weighted by Gasteiger charge is 2.18. The maximum absolute atomic E-state index is 12.0. The summed E-state index contributed by atoms with van der Waals surface area (Å²) in [6.07, 6.45) is 4.51. The molecule has 0 amide bonds. The van der Waals surface area contributed by atoms with Gasteiger partial charge in [-0.15, -0.1) is 0 Å². The van der Waals surface area contributed by atoms with E-state index in [0.29, 0.717) is 5.69 Å². The molecular weight excluding hydrogens is 338 g/mol. The van der Waals surface area contributed by atoms with E-state index in [-0.39, 0.29) is 13.1 Å². The minimum atomic E-state index is -3.48. The standard InChI is InChI=1S/C14H23N3O4S2/c1-22(18,19)15-9-12-17(23(2,20)21)14-7-5-13(6-8-14)16-10-3-4-11-16/h5-8,15H,3-4,9-12H2,1-2H3. The molecule has 0 unspecified atom stereocenters. The van der Waals surface area contributed by atoms with Gasteiger partial charge in [0.15, 0.2) is 0 Å². The Hall–Kier alpha value is -1.32. The van der Waals surface area contributed by atoms with Gasteiger partial charge in [0.1, 0.15) is 0 Å². The van der Waals surface area contributed by atoms with Crippen molar-refractivity contribution in [3.05, 3.63) is 24.3 Å². The lowest BCUT2D eigenvalue weighted by atomic mass is 10.2. The Morgan fingerprint density at radius 2 is 1.61 bits per heavy atom. The largest absolute Gasteiger partial charge is 0.372 e. The van der Waals surface area contributed by atoms with Crippen LogP contribution in [-0.2, 0) is 20.0 Å². The van der Waals surface area contributed by atoms with Crippen molar-refractivity contribution >= 4 is 31.4 Å². The molecule has 0 radical (unpaired) electrons. The zero-order valence-corrected chi connectivity index (χ0v) is 15.0. The molecule has 0 atom stereocenters. The van der Waals surface area contributed by atoms with Crippen molar-refractivity contribution in [2.45, 2.75) is 12.8 Å². The van der Waals surface area contributed by atoms with Gasteiger partial charge >= 0.3 is 0 Å². The highest BCUT2D eigenvalue weighted by Crippen LogP contribution is 2.24. The summed E-state index contributed by atoms with van der Waals surface area (Å²) in [5.41, 5.74) is 1.61. The Balaban J connectivity index is 2.12. The third-order valence-corrected chi connectivity index (χ3v) is 5.61. The molecule has 0 spiro atoms. The minimum Gasteiger partial charge on any atom is -0.372 e. The third-order valence-electron chi connectivity index (χ3n) is 3.69. The molecule has 130 valence electrons. The zero-order chi connectivity index (χ0) is 17.1. The normalized spacial score (nSPS) is 15.8. The van der Waals surface area contributed by atoms with E-state index in [2.05, 4.69) is 9.62 Å². The van der Waals surface area contributed by atoms with Crippen molar-refractivity contribution in [1.82, 2.24) is 4.72 Å². The molecule has 1 aromatic rings. The van der Waals surface area contributed by atoms with Crippen LogP contribution >= 0.6 is 0 Å². The fraction of sp³-hybridized carbons (Fsp3) is 0.571. The van der Waals surface area contributed by atoms with E-state index in [4.69, 9.17) is 0 Å². The first-order valence-corrected chi connectivity index (χ1v) is 11.2. The number of nitrogens with zero attached hydrogens (tertiary/aromatic N) is 2. The maximum atomic E-state index is 12.0. The number of hydrogen-bond donors (Lipinski definition) is 1. The third kappa shape index (κ3) is 5.36. The van der Waals surface area contributed by atoms with Gasteiger partial charge in [-0.3, -0.25) is 4.31 Å². The lowest BCUT2D eigenvalue weighted by Crippen LogP contribution is -2.37. The van der Waals surface area contributed by atoms with E-state index < -0.39 is 20.0 Å². The van der Waals surface area contributed by atoms with E-state index in [1.165, 1.54) is 17.1 Å². The van der Waals surface area contributed by atoms with Crippen molar-refractivity contribution in [2.24, 2.45) is 0 Å². The lowest BCUT2D eigenvalue weighted by Gasteiger charge is -2.24. The second-order valence-corrected chi connectivity index (χ2v) is 9.45. The maximum Gasteiger partial charge on any atom is 0.232 e. The summed E-state index contributed by atoms with van der Waals surface area (Å²) in [5, 5.41) is 0. The van der Waals surface area contributed by atoms with Gasteiger partial charge in [0.2, 0.25) is 20.0 Å². The van der Waals surface area contributed by atoms with Crippen LogP contribution in [0, 0.1) is 0 Å². The van der Waals surface area contributed by atoms with Crippen molar-refractivity contribution in [3.8, 4) is 0 Å². The van der Waals surface area contributed by atoms with Gasteiger partial charge in [-0.2, -0.15) is 0 Å². The second-order valence-electron chi connectivity index (χ2n) is 5.71. The highest BCUT2D eigenvalue weighted by molar-refractivity contribution is 7.92. The van der Waals surface area contributed by atoms with Crippen molar-refractivity contribution in [2.75, 3.05) is 47.9 Å². The van der Waals surface area contributed by atoms with Gasteiger partial charge in [0.25, 0.3) is 0 Å². The number of anilines is 2. The summed E-state index contributed by atoms with van der Waals surface area (Å²) >= 11 is 0. The smallest absolute Gasteiger partial charge is 0.232 e. The van der Waals surface area contributed by atoms with Gasteiger partial charge < -0.3 is 4.90 Å². The molecule has 0 saturated carbocycles. The Morgan fingerprint density at radius 1 is 1.04 bits per heavy atom. The van der Waals surface area contributed by atoms with E-state index in [1.54, 1.807) is 12.1 Å². The fourth-order valence-electron chi connectivity index (χ4n) is 2.62. The van der Waals surface area contributed by atoms with Gasteiger partial charge in [0, 0.05) is 31.9 Å². The van der Waals surface area contributed by atoms with Crippen LogP contribution in [0.2, 0.25) is 0 Å². The second kappa shape index (κ2) is 7.06. The predicted octanol–water partition coefficient (Wildman–Crippen LogP) is 0.602. The summed E-state index contributed by atoms with van der Waals surface area (Å²) in [6, 6.07) is 7.33. The monoisotopic (exact) mass is 361 g/mol. The number of hydrogen-bond acceptors (Lipinski definition) is 5. The molecule has 0 aromatic heterocycles. The molecule has 1 saturated heterocycles. The van der Waals surface area contributed by atoms with Gasteiger partial charge in [-0.05, 0) is 37.1 Å². The van der Waals surface area contributed by atoms with Crippen LogP contribution in [0.15, 0.2) is 24.3 Å². The average molecular weight is 361 g/mol. The first-order chi connectivity index (χ1) is 10.7. The predicted molar refractivity (Wildman–Crippen MR) is 92.9 cm³/mol. The fourth-order valence-corrected chi connectivity index (χ4v) is 4.01. The van der Waals surface area contributed by atoms with Crippen LogP contribution in [0.5, 0.6) is 0 Å². The number of nitrogens with one attached hydrogen (secondary N) is 1. The van der Waals surface area contributed by atoms with Crippen molar-refractivity contribution in [3.63, 3.8) is 0 Å². The first kappa shape index (κ1) is 18.0. The highest BCUT2D eigenvalue weighted by atomic mass is 32.2. The van der Waals surface area contributed by atoms with Crippen LogP contribution in [0.4, 0.5) is 11.4 Å². The molecule has 0 bridgehead atoms. The van der Waals surface area contributed by atoms with E-state index >= 15 is 0 Å². The summed E-state index contributed by atoms with van der Waals surface area (Å²) in [4.78, 5) is 2.26. The Bertz CT molecular complexity index is 724. The first-order valence-electron chi connectivity index (χ1n) is 7.44. The molecule has 1 aliphatic rings. The van der Waals surface area contributed by atoms with Gasteiger partial charge in [0.05, 0.1) is 18.2 Å². The summed E-state index contributed by atoms with van der Waals surface area (Å²) in [6.45, 7) is 2.12. The molecule has 23 heavy (non-hydrogen) atoms. The van der Waals surface area contributed by atoms with Crippen molar-refractivity contribution in [1.29, 1.82) is 0 Å². The average Bonchev–Trinajstić information content (AvgIpc) is 2.95. The van der Waals surface area contributed by atoms with E-state index in [9.17, 15) is 16.8 Å². The summed E-state index contributed by atoms with van der Waals surface area (Å²) in [7, 11) is -6.83. The van der Waals surface area contributed by atoms with Gasteiger partial charge in [-0.25, -0.2) is 21.6 Å². The molecular formula is C14H23N3O4S2. The Morgan fingerprint density at radius 3 is 2.09 bits per heavy atom. The molecule has 2 rings (SSSR count). The minimum absolute atomic E-state index is 0.0276. The molecule has 0 aliphatic carbocycles. The molecule has 1 aliphatic heterocycles. The van der Waals surface area contributed by atoms with Crippen LogP contribution in [0.1, 0.15) is 12.8 Å². The number of sulfonamides is 2. The summed E-state index contributed by atoms with van der Waals surface area (Å²) in [5.74, 6) is 0. The van der Waals surface area contributed by atoms with E-state index in [0.717, 1.165) is 31.3 Å². The number of rotatable bonds is 7. The summed E-state index contributed by atoms with van der Waals surface area (Å²) < 4.78 is 49.7. The molecule has 1 N–H and O–H groups in total. The molecule has 9 heteroatoms. The van der Waals surface area contributed by atoms with Crippen LogP contribution in [0.3, 0.4) is 0 Å². The Labute approximate surface area is 138 Å². The molecule has 7 nitrogen and oxygen atoms in total. The topological polar surface area (TPSA) is 86.8 Å². The Kier molecular flexibility index (Phi) is 5.53. The molecule has 1 heterocycles. The van der Waals surface area contributed by atoms with Crippen LogP contribution in [0.25, 0.3) is 0 Å². The van der Waals surface area contributed by atoms with E-state index in [1.807, 2.05) is 12.1 Å². The SMILES string of the molecule is CS(=O)(=O)NCCN(c1ccc(N2CCCC2)cc1)S(C)(=O)=O. The zero-order valence-electron chi connectivity index (χ0n) is 13.4. The van der Waals surface area contributed by atoms with Crippen LogP contribution < -0.4 is 13.9 Å². The molecule has 1 aromatic carbocycles. The van der Waals surface area contributed by atoms with Crippen molar-refractivity contribution < 1.29 is 16.8 Å². The number of benzene rings is 1. The van der Waals surface area contributed by atoms with Crippen LogP contribution in [-0.4, -0.2) is 55.5 Å². The lowest BCUT2D eigenvalue weighted by molar-refractivity contribution is 0.583. The van der Waals surface area contributed by atoms with Gasteiger partial charge in [-0.1, -0.05) is 0 Å².